The van der Waals surface area contributed by atoms with Crippen molar-refractivity contribution in [3.63, 3.8) is 0 Å². The number of rotatable bonds is 7. The number of fused-ring (bicyclic) bond motifs is 4. The summed E-state index contributed by atoms with van der Waals surface area (Å²) in [5, 5.41) is 21.9. The Morgan fingerprint density at radius 2 is 2.09 bits per heavy atom. The smallest absolute Gasteiger partial charge is 0.407 e. The average Bonchev–Trinajstić information content (AvgIpc) is 3.75. The molecule has 9 nitrogen and oxygen atoms in total. The van der Waals surface area contributed by atoms with Crippen LogP contribution in [-0.4, -0.2) is 54.0 Å². The van der Waals surface area contributed by atoms with Crippen LogP contribution in [0.15, 0.2) is 58.7 Å². The standard InChI is InChI=1S/C33H27Cl2FN6O3S/c1-16(40-10-9-38-14-25(40)43)23-13-21-31(42(23)30-18-12-24(30)41(15-18)33(44)45)20-11-17(5-4-8-37)26(19-6-3-7-22(34)27(19)35)28(36)29(20)39-32(21)46-2/h3,6-7,9-11,13-14,16,18,24,30H,4-5,12,15H2,1-2H3,(H,44,45)/t16?,18-,24-,30+/m1/s1. The van der Waals surface area contributed by atoms with Crippen molar-refractivity contribution in [1.82, 2.24) is 24.0 Å². The van der Waals surface area contributed by atoms with Gasteiger partial charge in [-0.3, -0.25) is 9.78 Å². The number of carbonyl (C=O) groups is 1. The van der Waals surface area contributed by atoms with Crippen molar-refractivity contribution < 1.29 is 14.3 Å². The van der Waals surface area contributed by atoms with Crippen molar-refractivity contribution >= 4 is 62.9 Å². The van der Waals surface area contributed by atoms with E-state index >= 15 is 4.39 Å². The van der Waals surface area contributed by atoms with Gasteiger partial charge in [0.25, 0.3) is 5.56 Å². The lowest BCUT2D eigenvalue weighted by atomic mass is 9.79. The fourth-order valence-corrected chi connectivity index (χ4v) is 8.27. The van der Waals surface area contributed by atoms with Gasteiger partial charge >= 0.3 is 6.09 Å². The van der Waals surface area contributed by atoms with Crippen LogP contribution < -0.4 is 5.56 Å². The van der Waals surface area contributed by atoms with E-state index in [1.54, 1.807) is 35.2 Å². The third-order valence-corrected chi connectivity index (χ3v) is 10.9. The van der Waals surface area contributed by atoms with E-state index in [0.717, 1.165) is 17.5 Å². The summed E-state index contributed by atoms with van der Waals surface area (Å²) >= 11 is 14.3. The van der Waals surface area contributed by atoms with Crippen molar-refractivity contribution in [2.75, 3.05) is 12.8 Å². The number of carboxylic acid groups (broad SMARTS) is 1. The van der Waals surface area contributed by atoms with Crippen molar-refractivity contribution in [2.24, 2.45) is 5.92 Å². The first kappa shape index (κ1) is 30.5. The lowest BCUT2D eigenvalue weighted by Crippen LogP contribution is -2.43. The van der Waals surface area contributed by atoms with Crippen LogP contribution in [-0.2, 0) is 6.42 Å². The number of hydrogen-bond acceptors (Lipinski definition) is 6. The minimum Gasteiger partial charge on any atom is -0.465 e. The highest BCUT2D eigenvalue weighted by Crippen LogP contribution is 2.53. The van der Waals surface area contributed by atoms with Crippen LogP contribution in [0.2, 0.25) is 10.0 Å². The molecular weight excluding hydrogens is 650 g/mol. The highest BCUT2D eigenvalue weighted by molar-refractivity contribution is 7.98. The minimum atomic E-state index is -0.976. The molecule has 2 aromatic carbocycles. The highest BCUT2D eigenvalue weighted by Gasteiger charge is 2.55. The van der Waals surface area contributed by atoms with E-state index in [0.29, 0.717) is 33.6 Å². The van der Waals surface area contributed by atoms with Gasteiger partial charge in [0.15, 0.2) is 5.82 Å². The zero-order valence-electron chi connectivity index (χ0n) is 24.7. The van der Waals surface area contributed by atoms with Crippen molar-refractivity contribution in [2.45, 2.75) is 49.3 Å². The molecule has 1 N–H and O–H groups in total. The summed E-state index contributed by atoms with van der Waals surface area (Å²) in [6.45, 7) is 2.30. The predicted molar refractivity (Wildman–Crippen MR) is 176 cm³/mol. The van der Waals surface area contributed by atoms with Gasteiger partial charge in [-0.15, -0.1) is 11.8 Å². The maximum atomic E-state index is 17.0. The largest absolute Gasteiger partial charge is 0.465 e. The molecule has 2 saturated heterocycles. The van der Waals surface area contributed by atoms with Gasteiger partial charge in [0.05, 0.1) is 46.0 Å². The molecule has 5 heterocycles. The van der Waals surface area contributed by atoms with E-state index < -0.39 is 18.0 Å². The molecule has 13 heteroatoms. The van der Waals surface area contributed by atoms with Gasteiger partial charge in [0, 0.05) is 58.9 Å². The Morgan fingerprint density at radius 3 is 2.78 bits per heavy atom. The van der Waals surface area contributed by atoms with Crippen LogP contribution in [0.5, 0.6) is 0 Å². The van der Waals surface area contributed by atoms with Crippen LogP contribution in [0.1, 0.15) is 43.1 Å². The molecule has 1 unspecified atom stereocenters. The van der Waals surface area contributed by atoms with Gasteiger partial charge in [-0.05, 0) is 49.8 Å². The van der Waals surface area contributed by atoms with Crippen LogP contribution in [0.25, 0.3) is 32.9 Å². The van der Waals surface area contributed by atoms with Gasteiger partial charge in [0.1, 0.15) is 10.5 Å². The minimum absolute atomic E-state index is 0.0465. The van der Waals surface area contributed by atoms with Crippen LogP contribution >= 0.6 is 35.0 Å². The summed E-state index contributed by atoms with van der Waals surface area (Å²) in [5.41, 5.74) is 2.57. The SMILES string of the molecule is CSc1nc2c(F)c(-c3cccc(Cl)c3Cl)c(CCC#N)cc2c2c1cc(C(C)n1ccncc1=O)n2[C@H]1[C@@H]2C[C@H]1N(C(=O)O)C2. The number of halogens is 3. The number of amides is 1. The molecule has 3 fully saturated rings. The molecule has 234 valence electrons. The van der Waals surface area contributed by atoms with Gasteiger partial charge in [-0.25, -0.2) is 14.2 Å². The molecule has 1 saturated carbocycles. The Kier molecular flexibility index (Phi) is 7.70. The van der Waals surface area contributed by atoms with Crippen LogP contribution in [0.4, 0.5) is 9.18 Å². The Bertz CT molecular complexity index is 2180. The van der Waals surface area contributed by atoms with E-state index in [4.69, 9.17) is 28.2 Å². The number of pyridine rings is 1. The maximum absolute atomic E-state index is 17.0. The lowest BCUT2D eigenvalue weighted by molar-refractivity contribution is 0.123. The second kappa shape index (κ2) is 11.6. The number of thioether (sulfide) groups is 1. The number of benzene rings is 2. The lowest BCUT2D eigenvalue weighted by Gasteiger charge is -2.39. The Hall–Kier alpha value is -4.11. The fraction of sp³-hybridized carbons (Fsp3) is 0.303. The molecule has 0 radical (unpaired) electrons. The van der Waals surface area contributed by atoms with Gasteiger partial charge in [-0.2, -0.15) is 5.26 Å². The Labute approximate surface area is 277 Å². The molecule has 2 bridgehead atoms. The van der Waals surface area contributed by atoms with Crippen LogP contribution in [0, 0.1) is 23.1 Å². The Balaban J connectivity index is 1.59. The molecule has 3 aromatic heterocycles. The predicted octanol–water partition coefficient (Wildman–Crippen LogP) is 7.57. The monoisotopic (exact) mass is 676 g/mol. The molecule has 2 aliphatic heterocycles. The zero-order valence-corrected chi connectivity index (χ0v) is 27.1. The Morgan fingerprint density at radius 1 is 1.28 bits per heavy atom. The molecule has 5 aromatic rings. The normalized spacial score (nSPS) is 19.4. The van der Waals surface area contributed by atoms with Gasteiger partial charge < -0.3 is 19.1 Å². The summed E-state index contributed by atoms with van der Waals surface area (Å²) in [6, 6.07) is 10.1. The highest BCUT2D eigenvalue weighted by atomic mass is 35.5. The summed E-state index contributed by atoms with van der Waals surface area (Å²) in [6.07, 6.45) is 6.44. The number of nitrogens with zero attached hydrogens (tertiary/aromatic N) is 6. The molecule has 3 aliphatic rings. The quantitative estimate of drug-likeness (QED) is 0.177. The molecule has 1 amide bonds. The molecule has 4 atom stereocenters. The van der Waals surface area contributed by atoms with Crippen molar-refractivity contribution in [3.8, 4) is 17.2 Å². The summed E-state index contributed by atoms with van der Waals surface area (Å²) < 4.78 is 20.7. The number of aromatic nitrogens is 4. The summed E-state index contributed by atoms with van der Waals surface area (Å²) in [4.78, 5) is 35.4. The van der Waals surface area contributed by atoms with E-state index in [1.807, 2.05) is 25.3 Å². The van der Waals surface area contributed by atoms with E-state index in [1.165, 1.54) is 22.9 Å². The number of hydrogen-bond donors (Lipinski definition) is 1. The summed E-state index contributed by atoms with van der Waals surface area (Å²) in [5.74, 6) is -0.534. The average molecular weight is 678 g/mol. The van der Waals surface area contributed by atoms with Crippen molar-refractivity contribution in [1.29, 1.82) is 5.26 Å². The molecular formula is C33H27Cl2FN6O3S. The van der Waals surface area contributed by atoms with E-state index in [9.17, 15) is 20.0 Å². The molecule has 1 aliphatic carbocycles. The molecule has 0 spiro atoms. The molecule has 8 rings (SSSR count). The third kappa shape index (κ3) is 4.57. The maximum Gasteiger partial charge on any atom is 0.407 e. The summed E-state index contributed by atoms with van der Waals surface area (Å²) in [7, 11) is 0. The first-order valence-electron chi connectivity index (χ1n) is 14.7. The zero-order chi connectivity index (χ0) is 32.4. The third-order valence-electron chi connectivity index (χ3n) is 9.40. The number of aryl methyl sites for hydroxylation is 1. The first-order valence-corrected chi connectivity index (χ1v) is 16.7. The van der Waals surface area contributed by atoms with Gasteiger partial charge in [-0.1, -0.05) is 35.3 Å². The van der Waals surface area contributed by atoms with Gasteiger partial charge in [0.2, 0.25) is 0 Å². The second-order valence-electron chi connectivity index (χ2n) is 11.7. The molecule has 46 heavy (non-hydrogen) atoms. The number of nitriles is 1. The van der Waals surface area contributed by atoms with Crippen LogP contribution in [0.3, 0.4) is 0 Å². The fourth-order valence-electron chi connectivity index (χ4n) is 7.31. The topological polar surface area (TPSA) is 117 Å². The van der Waals surface area contributed by atoms with Crippen molar-refractivity contribution in [3.05, 3.63) is 86.4 Å². The first-order chi connectivity index (χ1) is 22.2. The second-order valence-corrected chi connectivity index (χ2v) is 13.3. The van der Waals surface area contributed by atoms with E-state index in [-0.39, 0.29) is 57.5 Å². The van der Waals surface area contributed by atoms with E-state index in [2.05, 4.69) is 15.6 Å².